The normalized spacial score (nSPS) is 12.1. The van der Waals surface area contributed by atoms with E-state index in [1.165, 1.54) is 0 Å². The molecule has 0 saturated heterocycles. The maximum Gasteiger partial charge on any atom is 0.248 e. The van der Waals surface area contributed by atoms with Gasteiger partial charge in [0.1, 0.15) is 12.1 Å². The van der Waals surface area contributed by atoms with E-state index in [4.69, 9.17) is 10.5 Å². The first-order valence-corrected chi connectivity index (χ1v) is 7.33. The molecule has 0 spiro atoms. The van der Waals surface area contributed by atoms with Gasteiger partial charge >= 0.3 is 0 Å². The van der Waals surface area contributed by atoms with Crippen LogP contribution in [0, 0.1) is 22.7 Å². The second-order valence-corrected chi connectivity index (χ2v) is 4.79. The fourth-order valence-corrected chi connectivity index (χ4v) is 1.89. The van der Waals surface area contributed by atoms with Gasteiger partial charge in [0, 0.05) is 24.2 Å². The third-order valence-corrected chi connectivity index (χ3v) is 3.07. The van der Waals surface area contributed by atoms with Crippen LogP contribution in [0.15, 0.2) is 69.4 Å². The predicted molar refractivity (Wildman–Crippen MR) is 88.3 cm³/mol. The number of nitriles is 2. The van der Waals surface area contributed by atoms with Gasteiger partial charge in [0.25, 0.3) is 0 Å². The number of hydrogen-bond acceptors (Lipinski definition) is 9. The van der Waals surface area contributed by atoms with Crippen molar-refractivity contribution in [1.29, 1.82) is 10.5 Å². The van der Waals surface area contributed by atoms with Crippen LogP contribution in [0.25, 0.3) is 0 Å². The first-order valence-electron chi connectivity index (χ1n) is 7.33. The Morgan fingerprint density at radius 1 is 1.00 bits per heavy atom. The van der Waals surface area contributed by atoms with Crippen molar-refractivity contribution in [3.8, 4) is 12.1 Å². The average molecular weight is 342 g/mol. The summed E-state index contributed by atoms with van der Waals surface area (Å²) in [7, 11) is 0. The predicted octanol–water partition coefficient (Wildman–Crippen LogP) is 3.51. The maximum absolute atomic E-state index is 8.94. The number of pyridine rings is 2. The van der Waals surface area contributed by atoms with Gasteiger partial charge in [-0.2, -0.15) is 25.7 Å². The minimum absolute atomic E-state index is 0.0227. The minimum atomic E-state index is -0.785. The molecule has 3 heterocycles. The van der Waals surface area contributed by atoms with E-state index in [1.54, 1.807) is 55.0 Å². The molecule has 0 bridgehead atoms. The molecule has 0 aliphatic heterocycles. The Morgan fingerprint density at radius 2 is 1.88 bits per heavy atom. The molecule has 0 aliphatic carbocycles. The number of nitrogens with one attached hydrogen (secondary N) is 1. The number of aromatic nitrogens is 4. The Hall–Kier alpha value is -4.31. The third kappa shape index (κ3) is 3.96. The molecule has 3 aromatic rings. The second-order valence-electron chi connectivity index (χ2n) is 4.79. The largest absolute Gasteiger partial charge is 0.312 e. The molecule has 1 unspecified atom stereocenters. The molecule has 3 rings (SSSR count). The SMILES string of the molecule is N#Cc1nc(N=NC(N=Nc2ccccn2)c2cccnc2)[nH]c1C#N. The van der Waals surface area contributed by atoms with E-state index in [9.17, 15) is 0 Å². The molecule has 0 saturated carbocycles. The first kappa shape index (κ1) is 16.5. The molecular weight excluding hydrogens is 332 g/mol. The molecule has 0 aliphatic rings. The number of imidazole rings is 1. The van der Waals surface area contributed by atoms with Gasteiger partial charge in [-0.15, -0.1) is 10.2 Å². The van der Waals surface area contributed by atoms with Crippen LogP contribution in [-0.4, -0.2) is 19.9 Å². The van der Waals surface area contributed by atoms with Crippen molar-refractivity contribution in [1.82, 2.24) is 19.9 Å². The van der Waals surface area contributed by atoms with Crippen LogP contribution in [0.2, 0.25) is 0 Å². The lowest BCUT2D eigenvalue weighted by molar-refractivity contribution is 0.680. The van der Waals surface area contributed by atoms with Crippen LogP contribution in [0.4, 0.5) is 11.8 Å². The highest BCUT2D eigenvalue weighted by molar-refractivity contribution is 5.40. The fraction of sp³-hybridized carbons (Fsp3) is 0.0625. The molecule has 26 heavy (non-hydrogen) atoms. The zero-order valence-electron chi connectivity index (χ0n) is 13.2. The summed E-state index contributed by atoms with van der Waals surface area (Å²) < 4.78 is 0. The van der Waals surface area contributed by atoms with E-state index in [0.717, 1.165) is 0 Å². The maximum atomic E-state index is 8.94. The summed E-state index contributed by atoms with van der Waals surface area (Å²) in [6.07, 6.45) is 4.03. The van der Waals surface area contributed by atoms with Gasteiger partial charge in [-0.1, -0.05) is 12.1 Å². The molecule has 1 N–H and O–H groups in total. The van der Waals surface area contributed by atoms with Gasteiger partial charge in [0.05, 0.1) is 0 Å². The van der Waals surface area contributed by atoms with Crippen molar-refractivity contribution in [2.75, 3.05) is 0 Å². The van der Waals surface area contributed by atoms with Crippen molar-refractivity contribution in [2.45, 2.75) is 6.17 Å². The van der Waals surface area contributed by atoms with Crippen LogP contribution >= 0.6 is 0 Å². The Morgan fingerprint density at radius 3 is 2.54 bits per heavy atom. The number of azo groups is 2. The quantitative estimate of drug-likeness (QED) is 0.703. The molecular formula is C16H10N10. The summed E-state index contributed by atoms with van der Waals surface area (Å²) in [5, 5.41) is 34.1. The number of H-pyrrole nitrogens is 1. The fourth-order valence-electron chi connectivity index (χ4n) is 1.89. The van der Waals surface area contributed by atoms with E-state index in [1.807, 2.05) is 6.07 Å². The van der Waals surface area contributed by atoms with E-state index in [-0.39, 0.29) is 17.3 Å². The molecule has 3 aromatic heterocycles. The first-order chi connectivity index (χ1) is 12.8. The van der Waals surface area contributed by atoms with E-state index in [0.29, 0.717) is 11.4 Å². The highest BCUT2D eigenvalue weighted by atomic mass is 15.3. The Labute approximate surface area is 147 Å². The van der Waals surface area contributed by atoms with Gasteiger partial charge in [0.15, 0.2) is 17.2 Å². The molecule has 1 atom stereocenters. The molecule has 124 valence electrons. The summed E-state index contributed by atoms with van der Waals surface area (Å²) in [6.45, 7) is 0. The Bertz CT molecular complexity index is 977. The van der Waals surface area contributed by atoms with Crippen LogP contribution < -0.4 is 0 Å². The van der Waals surface area contributed by atoms with Crippen molar-refractivity contribution >= 4 is 11.8 Å². The van der Waals surface area contributed by atoms with Crippen LogP contribution in [0.5, 0.6) is 0 Å². The summed E-state index contributed by atoms with van der Waals surface area (Å²) in [5.41, 5.74) is 0.632. The second kappa shape index (κ2) is 7.99. The van der Waals surface area contributed by atoms with Gasteiger partial charge in [-0.3, -0.25) is 4.98 Å². The van der Waals surface area contributed by atoms with E-state index in [2.05, 4.69) is 40.4 Å². The standard InChI is InChI=1S/C16H10N10/c17-8-12-13(9-18)22-16(21-12)26-25-15(11-4-3-6-19-10-11)24-23-14-5-1-2-7-20-14/h1-7,10,15H,(H,21,22). The number of aromatic amines is 1. The van der Waals surface area contributed by atoms with Gasteiger partial charge in [0.2, 0.25) is 12.1 Å². The topological polar surface area (TPSA) is 151 Å². The van der Waals surface area contributed by atoms with E-state index >= 15 is 0 Å². The van der Waals surface area contributed by atoms with Gasteiger partial charge in [-0.25, -0.2) is 4.98 Å². The zero-order chi connectivity index (χ0) is 18.2. The van der Waals surface area contributed by atoms with Gasteiger partial charge in [-0.05, 0) is 18.2 Å². The lowest BCUT2D eigenvalue weighted by Crippen LogP contribution is -1.91. The third-order valence-electron chi connectivity index (χ3n) is 3.07. The zero-order valence-corrected chi connectivity index (χ0v) is 13.2. The lowest BCUT2D eigenvalue weighted by Gasteiger charge is -2.03. The van der Waals surface area contributed by atoms with Crippen LogP contribution in [0.1, 0.15) is 23.1 Å². The highest BCUT2D eigenvalue weighted by Crippen LogP contribution is 2.23. The lowest BCUT2D eigenvalue weighted by atomic mass is 10.2. The average Bonchev–Trinajstić information content (AvgIpc) is 3.12. The van der Waals surface area contributed by atoms with Crippen LogP contribution in [-0.2, 0) is 0 Å². The summed E-state index contributed by atoms with van der Waals surface area (Å²) >= 11 is 0. The number of hydrogen-bond donors (Lipinski definition) is 1. The molecule has 0 fully saturated rings. The Kier molecular flexibility index (Phi) is 5.08. The monoisotopic (exact) mass is 342 g/mol. The molecule has 0 aromatic carbocycles. The van der Waals surface area contributed by atoms with Gasteiger partial charge < -0.3 is 4.98 Å². The van der Waals surface area contributed by atoms with Crippen molar-refractivity contribution < 1.29 is 0 Å². The smallest absolute Gasteiger partial charge is 0.248 e. The van der Waals surface area contributed by atoms with Crippen molar-refractivity contribution in [3.63, 3.8) is 0 Å². The van der Waals surface area contributed by atoms with Crippen molar-refractivity contribution in [2.24, 2.45) is 20.5 Å². The molecule has 10 heteroatoms. The highest BCUT2D eigenvalue weighted by Gasteiger charge is 2.12. The molecule has 10 nitrogen and oxygen atoms in total. The van der Waals surface area contributed by atoms with E-state index < -0.39 is 6.17 Å². The molecule has 0 radical (unpaired) electrons. The van der Waals surface area contributed by atoms with Crippen molar-refractivity contribution in [3.05, 3.63) is 65.9 Å². The molecule has 0 amide bonds. The minimum Gasteiger partial charge on any atom is -0.312 e. The number of nitrogens with zero attached hydrogens (tertiary/aromatic N) is 9. The summed E-state index contributed by atoms with van der Waals surface area (Å²) in [5.74, 6) is 0.452. The summed E-state index contributed by atoms with van der Waals surface area (Å²) in [4.78, 5) is 14.6. The van der Waals surface area contributed by atoms with Crippen LogP contribution in [0.3, 0.4) is 0 Å². The Balaban J connectivity index is 1.89. The number of rotatable bonds is 5. The summed E-state index contributed by atoms with van der Waals surface area (Å²) in [6, 6.07) is 12.4.